The van der Waals surface area contributed by atoms with Crippen LogP contribution in [0.5, 0.6) is 0 Å². The van der Waals surface area contributed by atoms with Crippen molar-refractivity contribution in [1.29, 1.82) is 0 Å². The van der Waals surface area contributed by atoms with E-state index < -0.39 is 41.5 Å². The number of nitro groups is 1. The third kappa shape index (κ3) is 9.19. The predicted molar refractivity (Wildman–Crippen MR) is 152 cm³/mol. The van der Waals surface area contributed by atoms with Crippen LogP contribution in [0, 0.1) is 33.8 Å². The minimum atomic E-state index is -1.83. The fraction of sp³-hybridized carbons (Fsp3) is 0.613. The number of carbonyl (C=O) groups excluding carboxylic acids is 2. The SMILES string of the molecule is CC[C@H](C)C(=O)O[C@H]1C[C@H](O)C=C2C=C[C@H](C)[C@H](CC[C@@H](O)C[C@@H](O)CC(=O)OCc3ccc(C(O)[N+](=O)[O-])cc3)[C@H]21. The van der Waals surface area contributed by atoms with Gasteiger partial charge in [-0.15, -0.1) is 0 Å². The summed E-state index contributed by atoms with van der Waals surface area (Å²) in [5.74, 6) is -1.08. The van der Waals surface area contributed by atoms with Crippen molar-refractivity contribution in [2.45, 2.75) is 96.5 Å². The largest absolute Gasteiger partial charge is 0.461 e. The van der Waals surface area contributed by atoms with Crippen molar-refractivity contribution in [2.75, 3.05) is 0 Å². The number of ether oxygens (including phenoxy) is 2. The van der Waals surface area contributed by atoms with Gasteiger partial charge in [-0.1, -0.05) is 51.1 Å². The summed E-state index contributed by atoms with van der Waals surface area (Å²) in [6.07, 6.45) is 2.50. The molecule has 4 N–H and O–H groups in total. The molecule has 11 heteroatoms. The van der Waals surface area contributed by atoms with E-state index in [1.807, 2.05) is 26.0 Å². The summed E-state index contributed by atoms with van der Waals surface area (Å²) in [5.41, 5.74) is 1.60. The van der Waals surface area contributed by atoms with Crippen LogP contribution >= 0.6 is 0 Å². The summed E-state index contributed by atoms with van der Waals surface area (Å²) in [4.78, 5) is 34.7. The molecule has 42 heavy (non-hydrogen) atoms. The first-order valence-corrected chi connectivity index (χ1v) is 14.6. The highest BCUT2D eigenvalue weighted by Gasteiger charge is 2.42. The van der Waals surface area contributed by atoms with Gasteiger partial charge in [-0.25, -0.2) is 0 Å². The number of allylic oxidation sites excluding steroid dienone is 2. The standard InChI is InChI=1S/C31H43NO10/c1-4-18(2)31(38)42-27-15-24(34)13-22-8-5-19(3)26(29(22)27)12-11-23(33)14-25(35)16-28(36)41-17-20-6-9-21(10-7-20)30(37)32(39)40/h5-10,13,18-19,23-27,29-30,33-35,37H,4,11-12,14-17H2,1-3H3/t18-,19-,23+,24+,25+,26-,27-,29-,30?/m0/s1. The lowest BCUT2D eigenvalue weighted by molar-refractivity contribution is -0.578. The van der Waals surface area contributed by atoms with E-state index in [1.54, 1.807) is 0 Å². The molecule has 0 aromatic heterocycles. The normalized spacial score (nSPS) is 26.3. The number of nitrogens with zero attached hydrogens (tertiary/aromatic N) is 1. The Kier molecular flexibility index (Phi) is 12.2. The summed E-state index contributed by atoms with van der Waals surface area (Å²) in [6, 6.07) is 5.74. The van der Waals surface area contributed by atoms with Crippen LogP contribution in [0.4, 0.5) is 0 Å². The van der Waals surface area contributed by atoms with Crippen LogP contribution in [-0.2, 0) is 25.7 Å². The maximum absolute atomic E-state index is 12.6. The van der Waals surface area contributed by atoms with Crippen molar-refractivity contribution in [3.05, 3.63) is 69.3 Å². The molecule has 3 rings (SSSR count). The van der Waals surface area contributed by atoms with Gasteiger partial charge in [-0.2, -0.15) is 0 Å². The Labute approximate surface area is 246 Å². The second kappa shape index (κ2) is 15.4. The van der Waals surface area contributed by atoms with Gasteiger partial charge < -0.3 is 29.9 Å². The summed E-state index contributed by atoms with van der Waals surface area (Å²) in [5, 5.41) is 51.6. The molecule has 0 aliphatic heterocycles. The number of esters is 2. The Morgan fingerprint density at radius 3 is 2.48 bits per heavy atom. The Morgan fingerprint density at radius 2 is 1.83 bits per heavy atom. The van der Waals surface area contributed by atoms with E-state index in [0.29, 0.717) is 31.2 Å². The van der Waals surface area contributed by atoms with E-state index in [9.17, 15) is 40.1 Å². The number of fused-ring (bicyclic) bond motifs is 1. The first-order valence-electron chi connectivity index (χ1n) is 14.6. The summed E-state index contributed by atoms with van der Waals surface area (Å²) >= 11 is 0. The van der Waals surface area contributed by atoms with Crippen LogP contribution in [-0.4, -0.2) is 61.7 Å². The van der Waals surface area contributed by atoms with E-state index in [-0.39, 0.29) is 54.7 Å². The molecule has 11 nitrogen and oxygen atoms in total. The maximum Gasteiger partial charge on any atom is 0.339 e. The Balaban J connectivity index is 1.49. The molecule has 0 spiro atoms. The summed E-state index contributed by atoms with van der Waals surface area (Å²) < 4.78 is 11.1. The lowest BCUT2D eigenvalue weighted by Gasteiger charge is -2.43. The Hall–Kier alpha value is -3.12. The van der Waals surface area contributed by atoms with Crippen LogP contribution in [0.25, 0.3) is 0 Å². The summed E-state index contributed by atoms with van der Waals surface area (Å²) in [7, 11) is 0. The van der Waals surface area contributed by atoms with Crippen LogP contribution in [0.15, 0.2) is 48.1 Å². The van der Waals surface area contributed by atoms with Crippen LogP contribution in [0.3, 0.4) is 0 Å². The van der Waals surface area contributed by atoms with Crippen LogP contribution < -0.4 is 0 Å². The molecular weight excluding hydrogens is 546 g/mol. The van der Waals surface area contributed by atoms with E-state index in [4.69, 9.17) is 9.47 Å². The van der Waals surface area contributed by atoms with Gasteiger partial charge in [0.15, 0.2) is 0 Å². The van der Waals surface area contributed by atoms with Crippen LogP contribution in [0.1, 0.15) is 76.7 Å². The fourth-order valence-corrected chi connectivity index (χ4v) is 5.64. The topological polar surface area (TPSA) is 177 Å². The third-order valence-electron chi connectivity index (χ3n) is 8.31. The second-order valence-corrected chi connectivity index (χ2v) is 11.5. The number of hydrogen-bond donors (Lipinski definition) is 4. The highest BCUT2D eigenvalue weighted by atomic mass is 16.7. The molecule has 0 radical (unpaired) electrons. The van der Waals surface area contributed by atoms with Crippen molar-refractivity contribution in [1.82, 2.24) is 0 Å². The van der Waals surface area contributed by atoms with E-state index in [0.717, 1.165) is 5.57 Å². The van der Waals surface area contributed by atoms with Crippen molar-refractivity contribution in [2.24, 2.45) is 23.7 Å². The van der Waals surface area contributed by atoms with Gasteiger partial charge in [-0.3, -0.25) is 19.7 Å². The number of aliphatic hydroxyl groups excluding tert-OH is 4. The molecule has 2 aliphatic carbocycles. The molecule has 0 saturated carbocycles. The Bertz CT molecular complexity index is 1130. The highest BCUT2D eigenvalue weighted by molar-refractivity contribution is 5.72. The average molecular weight is 590 g/mol. The maximum atomic E-state index is 12.6. The van der Waals surface area contributed by atoms with E-state index in [2.05, 4.69) is 13.0 Å². The summed E-state index contributed by atoms with van der Waals surface area (Å²) in [6.45, 7) is 5.71. The molecule has 1 aromatic carbocycles. The van der Waals surface area contributed by atoms with Crippen LogP contribution in [0.2, 0.25) is 0 Å². The Morgan fingerprint density at radius 1 is 1.14 bits per heavy atom. The molecule has 0 saturated heterocycles. The zero-order valence-corrected chi connectivity index (χ0v) is 24.4. The number of benzene rings is 1. The molecular formula is C31H43NO10. The lowest BCUT2D eigenvalue weighted by atomic mass is 9.66. The van der Waals surface area contributed by atoms with Gasteiger partial charge >= 0.3 is 18.2 Å². The number of aliphatic hydroxyl groups is 4. The molecule has 0 heterocycles. The first kappa shape index (κ1) is 33.4. The van der Waals surface area contributed by atoms with Gasteiger partial charge in [0, 0.05) is 12.3 Å². The van der Waals surface area contributed by atoms with Crippen molar-refractivity contribution < 1.29 is 44.4 Å². The third-order valence-corrected chi connectivity index (χ3v) is 8.31. The fourth-order valence-electron chi connectivity index (χ4n) is 5.64. The number of rotatable bonds is 14. The van der Waals surface area contributed by atoms with Crippen molar-refractivity contribution in [3.8, 4) is 0 Å². The number of carbonyl (C=O) groups is 2. The molecule has 0 bridgehead atoms. The van der Waals surface area contributed by atoms with Crippen molar-refractivity contribution >= 4 is 11.9 Å². The lowest BCUT2D eigenvalue weighted by Crippen LogP contribution is -2.43. The quantitative estimate of drug-likeness (QED) is 0.109. The monoisotopic (exact) mass is 589 g/mol. The molecule has 232 valence electrons. The zero-order chi connectivity index (χ0) is 31.0. The predicted octanol–water partition coefficient (Wildman–Crippen LogP) is 3.37. The van der Waals surface area contributed by atoms with Crippen molar-refractivity contribution in [3.63, 3.8) is 0 Å². The molecule has 0 fully saturated rings. The van der Waals surface area contributed by atoms with Gasteiger partial charge in [-0.05, 0) is 60.8 Å². The van der Waals surface area contributed by atoms with Gasteiger partial charge in [0.05, 0.1) is 41.1 Å². The molecule has 1 aromatic rings. The molecule has 9 atom stereocenters. The molecule has 2 aliphatic rings. The molecule has 1 unspecified atom stereocenters. The zero-order valence-electron chi connectivity index (χ0n) is 24.4. The minimum absolute atomic E-state index is 0.0159. The second-order valence-electron chi connectivity index (χ2n) is 11.5. The van der Waals surface area contributed by atoms with Gasteiger partial charge in [0.25, 0.3) is 0 Å². The van der Waals surface area contributed by atoms with Gasteiger partial charge in [0.1, 0.15) is 12.7 Å². The smallest absolute Gasteiger partial charge is 0.339 e. The minimum Gasteiger partial charge on any atom is -0.461 e. The first-order chi connectivity index (χ1) is 19.9. The number of hydrogen-bond acceptors (Lipinski definition) is 10. The van der Waals surface area contributed by atoms with E-state index >= 15 is 0 Å². The highest BCUT2D eigenvalue weighted by Crippen LogP contribution is 2.44. The average Bonchev–Trinajstić information content (AvgIpc) is 2.94. The van der Waals surface area contributed by atoms with E-state index in [1.165, 1.54) is 24.3 Å². The van der Waals surface area contributed by atoms with Gasteiger partial charge in [0.2, 0.25) is 0 Å². The molecule has 0 amide bonds.